The van der Waals surface area contributed by atoms with Gasteiger partial charge in [-0.25, -0.2) is 0 Å². The van der Waals surface area contributed by atoms with Gasteiger partial charge in [-0.3, -0.25) is 4.79 Å². The normalized spacial score (nSPS) is 16.1. The van der Waals surface area contributed by atoms with Crippen molar-refractivity contribution >= 4 is 11.6 Å². The number of ether oxygens (including phenoxy) is 1. The molecule has 0 radical (unpaired) electrons. The zero-order valence-corrected chi connectivity index (χ0v) is 10.4. The van der Waals surface area contributed by atoms with Crippen molar-refractivity contribution in [2.45, 2.75) is 25.3 Å². The molecule has 18 heavy (non-hydrogen) atoms. The molecule has 98 valence electrons. The summed E-state index contributed by atoms with van der Waals surface area (Å²) >= 11 is 0. The van der Waals surface area contributed by atoms with Gasteiger partial charge in [-0.05, 0) is 31.9 Å². The number of anilines is 1. The van der Waals surface area contributed by atoms with Crippen LogP contribution >= 0.6 is 0 Å². The molecule has 1 aliphatic rings. The number of hydrogen-bond donors (Lipinski definition) is 3. The highest BCUT2D eigenvalue weighted by Gasteiger charge is 2.43. The topological polar surface area (TPSA) is 84.6 Å². The molecule has 1 aromatic rings. The van der Waals surface area contributed by atoms with Gasteiger partial charge in [-0.1, -0.05) is 6.07 Å². The van der Waals surface area contributed by atoms with Crippen molar-refractivity contribution in [1.82, 2.24) is 5.32 Å². The molecule has 1 saturated carbocycles. The minimum absolute atomic E-state index is 0.0367. The molecule has 0 aromatic heterocycles. The van der Waals surface area contributed by atoms with Crippen LogP contribution in [-0.4, -0.2) is 29.8 Å². The van der Waals surface area contributed by atoms with E-state index in [0.717, 1.165) is 12.8 Å². The number of carbonyl (C=O) groups excluding carboxylic acids is 1. The molecule has 1 amide bonds. The van der Waals surface area contributed by atoms with Gasteiger partial charge in [-0.15, -0.1) is 0 Å². The number of aliphatic hydroxyl groups excluding tert-OH is 1. The van der Waals surface area contributed by atoms with Crippen LogP contribution in [0.3, 0.4) is 0 Å². The Bertz CT molecular complexity index is 456. The lowest BCUT2D eigenvalue weighted by molar-refractivity contribution is 0.0903. The average molecular weight is 250 g/mol. The van der Waals surface area contributed by atoms with E-state index in [1.807, 2.05) is 6.92 Å². The summed E-state index contributed by atoms with van der Waals surface area (Å²) in [5, 5.41) is 12.0. The third kappa shape index (κ3) is 2.41. The van der Waals surface area contributed by atoms with Gasteiger partial charge in [0.2, 0.25) is 0 Å². The highest BCUT2D eigenvalue weighted by molar-refractivity contribution is 5.99. The summed E-state index contributed by atoms with van der Waals surface area (Å²) in [5.41, 5.74) is 6.22. The maximum absolute atomic E-state index is 12.1. The number of carbonyl (C=O) groups is 1. The number of nitrogens with two attached hydrogens (primary N) is 1. The molecule has 1 aromatic carbocycles. The maximum Gasteiger partial charge on any atom is 0.255 e. The minimum Gasteiger partial charge on any atom is -0.491 e. The molecule has 5 heteroatoms. The number of aliphatic hydroxyl groups is 1. The van der Waals surface area contributed by atoms with Gasteiger partial charge in [0.1, 0.15) is 0 Å². The van der Waals surface area contributed by atoms with Gasteiger partial charge in [0.15, 0.2) is 5.75 Å². The molecular formula is C13H18N2O3. The minimum atomic E-state index is -0.439. The third-order valence-corrected chi connectivity index (χ3v) is 3.11. The Balaban J connectivity index is 2.21. The summed E-state index contributed by atoms with van der Waals surface area (Å²) in [6, 6.07) is 5.08. The van der Waals surface area contributed by atoms with Crippen LogP contribution in [0.2, 0.25) is 0 Å². The van der Waals surface area contributed by atoms with Crippen molar-refractivity contribution in [2.75, 3.05) is 18.9 Å². The maximum atomic E-state index is 12.1. The van der Waals surface area contributed by atoms with Crippen LogP contribution in [0.1, 0.15) is 30.1 Å². The molecule has 1 fully saturated rings. The van der Waals surface area contributed by atoms with E-state index in [0.29, 0.717) is 23.6 Å². The lowest BCUT2D eigenvalue weighted by Crippen LogP contribution is -2.39. The molecule has 0 unspecified atom stereocenters. The summed E-state index contributed by atoms with van der Waals surface area (Å²) < 4.78 is 5.41. The Morgan fingerprint density at radius 2 is 2.28 bits per heavy atom. The standard InChI is InChI=1S/C13H18N2O3/c1-2-18-11-9(4-3-5-10(11)14)12(17)15-13(8-16)6-7-13/h3-5,16H,2,6-8,14H2,1H3,(H,15,17). The van der Waals surface area contributed by atoms with Crippen LogP contribution in [0, 0.1) is 0 Å². The zero-order chi connectivity index (χ0) is 13.2. The molecule has 0 spiro atoms. The molecule has 1 aliphatic carbocycles. The van der Waals surface area contributed by atoms with Crippen LogP contribution in [0.25, 0.3) is 0 Å². The predicted molar refractivity (Wildman–Crippen MR) is 68.5 cm³/mol. The highest BCUT2D eigenvalue weighted by Crippen LogP contribution is 2.35. The van der Waals surface area contributed by atoms with E-state index in [-0.39, 0.29) is 12.5 Å². The van der Waals surface area contributed by atoms with Crippen molar-refractivity contribution in [3.8, 4) is 5.75 Å². The van der Waals surface area contributed by atoms with Crippen molar-refractivity contribution in [3.63, 3.8) is 0 Å². The number of nitrogens with one attached hydrogen (secondary N) is 1. The first kappa shape index (κ1) is 12.7. The molecule has 5 nitrogen and oxygen atoms in total. The smallest absolute Gasteiger partial charge is 0.255 e. The fourth-order valence-corrected chi connectivity index (χ4v) is 1.82. The summed E-state index contributed by atoms with van der Waals surface area (Å²) in [6.45, 7) is 2.24. The van der Waals surface area contributed by atoms with E-state index in [2.05, 4.69) is 5.32 Å². The lowest BCUT2D eigenvalue weighted by atomic mass is 10.1. The Kier molecular flexibility index (Phi) is 3.43. The number of hydrogen-bond acceptors (Lipinski definition) is 4. The van der Waals surface area contributed by atoms with Crippen LogP contribution in [0.4, 0.5) is 5.69 Å². The van der Waals surface area contributed by atoms with Gasteiger partial charge >= 0.3 is 0 Å². The number of rotatable bonds is 5. The van der Waals surface area contributed by atoms with E-state index < -0.39 is 5.54 Å². The Morgan fingerprint density at radius 1 is 1.56 bits per heavy atom. The molecule has 4 N–H and O–H groups in total. The Morgan fingerprint density at radius 3 is 2.83 bits per heavy atom. The molecular weight excluding hydrogens is 232 g/mol. The number of para-hydroxylation sites is 1. The Hall–Kier alpha value is -1.75. The third-order valence-electron chi connectivity index (χ3n) is 3.11. The number of nitrogen functional groups attached to an aromatic ring is 1. The largest absolute Gasteiger partial charge is 0.491 e. The average Bonchev–Trinajstić information content (AvgIpc) is 3.12. The van der Waals surface area contributed by atoms with Gasteiger partial charge in [0, 0.05) is 0 Å². The molecule has 0 saturated heterocycles. The van der Waals surface area contributed by atoms with E-state index in [1.165, 1.54) is 0 Å². The summed E-state index contributed by atoms with van der Waals surface area (Å²) in [7, 11) is 0. The van der Waals surface area contributed by atoms with Crippen LogP contribution in [0.5, 0.6) is 5.75 Å². The van der Waals surface area contributed by atoms with Crippen LogP contribution in [0.15, 0.2) is 18.2 Å². The highest BCUT2D eigenvalue weighted by atomic mass is 16.5. The molecule has 2 rings (SSSR count). The van der Waals surface area contributed by atoms with E-state index in [9.17, 15) is 9.90 Å². The van der Waals surface area contributed by atoms with E-state index in [4.69, 9.17) is 10.5 Å². The van der Waals surface area contributed by atoms with Crippen molar-refractivity contribution in [1.29, 1.82) is 0 Å². The summed E-state index contributed by atoms with van der Waals surface area (Å²) in [5.74, 6) is 0.156. The quantitative estimate of drug-likeness (QED) is 0.678. The second-order valence-corrected chi connectivity index (χ2v) is 4.55. The lowest BCUT2D eigenvalue weighted by Gasteiger charge is -2.17. The fraction of sp³-hybridized carbons (Fsp3) is 0.462. The first-order valence-corrected chi connectivity index (χ1v) is 6.06. The fourth-order valence-electron chi connectivity index (χ4n) is 1.82. The SMILES string of the molecule is CCOc1c(N)cccc1C(=O)NC1(CO)CC1. The monoisotopic (exact) mass is 250 g/mol. The second kappa shape index (κ2) is 4.86. The summed E-state index contributed by atoms with van der Waals surface area (Å²) in [4.78, 5) is 12.1. The Labute approximate surface area is 106 Å². The van der Waals surface area contributed by atoms with E-state index in [1.54, 1.807) is 18.2 Å². The summed E-state index contributed by atoms with van der Waals surface area (Å²) in [6.07, 6.45) is 1.61. The predicted octanol–water partition coefficient (Wildman–Crippen LogP) is 0.922. The van der Waals surface area contributed by atoms with Crippen LogP contribution < -0.4 is 15.8 Å². The van der Waals surface area contributed by atoms with Crippen molar-refractivity contribution in [2.24, 2.45) is 0 Å². The van der Waals surface area contributed by atoms with Gasteiger partial charge in [0.25, 0.3) is 5.91 Å². The van der Waals surface area contributed by atoms with E-state index >= 15 is 0 Å². The van der Waals surface area contributed by atoms with Gasteiger partial charge < -0.3 is 20.9 Å². The number of amides is 1. The zero-order valence-electron chi connectivity index (χ0n) is 10.4. The second-order valence-electron chi connectivity index (χ2n) is 4.55. The molecule has 0 aliphatic heterocycles. The van der Waals surface area contributed by atoms with Crippen LogP contribution in [-0.2, 0) is 0 Å². The van der Waals surface area contributed by atoms with Crippen molar-refractivity contribution in [3.05, 3.63) is 23.8 Å². The van der Waals surface area contributed by atoms with Gasteiger partial charge in [-0.2, -0.15) is 0 Å². The van der Waals surface area contributed by atoms with Crippen molar-refractivity contribution < 1.29 is 14.6 Å². The first-order chi connectivity index (χ1) is 8.62. The number of benzene rings is 1. The molecule has 0 bridgehead atoms. The van der Waals surface area contributed by atoms with Gasteiger partial charge in [0.05, 0.1) is 30.0 Å². The first-order valence-electron chi connectivity index (χ1n) is 6.06. The molecule has 0 atom stereocenters. The molecule has 0 heterocycles.